The van der Waals surface area contributed by atoms with Gasteiger partial charge in [0.15, 0.2) is 6.23 Å². The van der Waals surface area contributed by atoms with Crippen LogP contribution < -0.4 is 4.90 Å². The summed E-state index contributed by atoms with van der Waals surface area (Å²) < 4.78 is 6.35. The van der Waals surface area contributed by atoms with Crippen molar-refractivity contribution in [2.24, 2.45) is 0 Å². The Morgan fingerprint density at radius 2 is 1.33 bits per heavy atom. The molecule has 0 amide bonds. The van der Waals surface area contributed by atoms with Gasteiger partial charge in [-0.1, -0.05) is 137 Å². The normalized spacial score (nSPS) is 15.4. The minimum absolute atomic E-state index is 0.135. The summed E-state index contributed by atoms with van der Waals surface area (Å²) in [5, 5.41) is 0. The van der Waals surface area contributed by atoms with Crippen LogP contribution in [0.4, 0.5) is 11.4 Å². The fourth-order valence-corrected chi connectivity index (χ4v) is 6.82. The molecule has 1 heterocycles. The maximum atomic E-state index is 6.35. The first-order valence-electron chi connectivity index (χ1n) is 18.5. The summed E-state index contributed by atoms with van der Waals surface area (Å²) in [5.74, 6) is 1.41. The first-order chi connectivity index (χ1) is 24.6. The molecule has 264 valence electrons. The zero-order chi connectivity index (χ0) is 37.1. The van der Waals surface area contributed by atoms with Crippen molar-refractivity contribution in [1.29, 1.82) is 0 Å². The van der Waals surface area contributed by atoms with Crippen molar-refractivity contribution in [2.75, 3.05) is 4.90 Å². The average molecular weight is 676 g/mol. The fourth-order valence-electron chi connectivity index (χ4n) is 6.82. The molecule has 0 saturated carbocycles. The van der Waals surface area contributed by atoms with E-state index >= 15 is 0 Å². The summed E-state index contributed by atoms with van der Waals surface area (Å²) in [7, 11) is 0. The van der Waals surface area contributed by atoms with Gasteiger partial charge in [-0.3, -0.25) is 0 Å². The summed E-state index contributed by atoms with van der Waals surface area (Å²) in [4.78, 5) is 2.27. The molecule has 0 N–H and O–H groups in total. The van der Waals surface area contributed by atoms with Crippen LogP contribution in [0.25, 0.3) is 22.3 Å². The smallest absolute Gasteiger partial charge is 0.173 e. The van der Waals surface area contributed by atoms with E-state index in [9.17, 15) is 0 Å². The van der Waals surface area contributed by atoms with Crippen LogP contribution in [-0.4, -0.2) is 6.23 Å². The molecular weight excluding hydrogens is 619 g/mol. The molecule has 2 heteroatoms. The van der Waals surface area contributed by atoms with Crippen LogP contribution >= 0.6 is 0 Å². The number of rotatable bonds is 6. The number of ether oxygens (including phenoxy) is 1. The first kappa shape index (κ1) is 38.7. The number of hydrogen-bond donors (Lipinski definition) is 0. The van der Waals surface area contributed by atoms with E-state index in [0.29, 0.717) is 5.92 Å². The number of para-hydroxylation sites is 1. The van der Waals surface area contributed by atoms with Crippen LogP contribution in [0.5, 0.6) is 0 Å². The van der Waals surface area contributed by atoms with Gasteiger partial charge in [-0.2, -0.15) is 0 Å². The Labute approximate surface area is 308 Å². The molecular formula is C49H57NO. The van der Waals surface area contributed by atoms with Crippen LogP contribution in [0.2, 0.25) is 0 Å². The highest BCUT2D eigenvalue weighted by Gasteiger charge is 2.25. The number of anilines is 2. The minimum atomic E-state index is -0.135. The second-order valence-corrected chi connectivity index (χ2v) is 13.3. The fraction of sp³-hybridized carbons (Fsp3) is 0.265. The van der Waals surface area contributed by atoms with E-state index in [-0.39, 0.29) is 6.23 Å². The van der Waals surface area contributed by atoms with Gasteiger partial charge in [0.25, 0.3) is 0 Å². The van der Waals surface area contributed by atoms with E-state index in [1.807, 2.05) is 39.0 Å². The molecule has 1 aliphatic rings. The zero-order valence-electron chi connectivity index (χ0n) is 32.5. The number of hydrogen-bond acceptors (Lipinski definition) is 2. The maximum Gasteiger partial charge on any atom is 0.173 e. The third-order valence-electron chi connectivity index (χ3n) is 9.55. The maximum absolute atomic E-state index is 6.35. The van der Waals surface area contributed by atoms with Crippen molar-refractivity contribution in [3.8, 4) is 22.3 Å². The summed E-state index contributed by atoms with van der Waals surface area (Å²) in [6.07, 6.45) is 6.60. The molecule has 0 aromatic heterocycles. The molecule has 2 nitrogen and oxygen atoms in total. The van der Waals surface area contributed by atoms with Crippen LogP contribution in [0.3, 0.4) is 0 Å². The highest BCUT2D eigenvalue weighted by molar-refractivity contribution is 5.79. The first-order valence-corrected chi connectivity index (χ1v) is 18.5. The predicted octanol–water partition coefficient (Wildman–Crippen LogP) is 14.2. The van der Waals surface area contributed by atoms with Gasteiger partial charge in [0.1, 0.15) is 5.76 Å². The van der Waals surface area contributed by atoms with E-state index < -0.39 is 0 Å². The lowest BCUT2D eigenvalue weighted by Gasteiger charge is -2.35. The van der Waals surface area contributed by atoms with Gasteiger partial charge in [0, 0.05) is 17.8 Å². The minimum Gasteiger partial charge on any atom is -0.470 e. The van der Waals surface area contributed by atoms with Crippen molar-refractivity contribution >= 4 is 11.4 Å². The Morgan fingerprint density at radius 1 is 0.725 bits per heavy atom. The second kappa shape index (κ2) is 18.2. The third-order valence-corrected chi connectivity index (χ3v) is 9.55. The summed E-state index contributed by atoms with van der Waals surface area (Å²) in [5.41, 5.74) is 16.8. The Hall–Kier alpha value is -5.08. The molecule has 0 aliphatic carbocycles. The Morgan fingerprint density at radius 3 is 1.96 bits per heavy atom. The molecule has 51 heavy (non-hydrogen) atoms. The van der Waals surface area contributed by atoms with Crippen LogP contribution in [0, 0.1) is 27.7 Å². The van der Waals surface area contributed by atoms with Gasteiger partial charge in [-0.05, 0) is 133 Å². The van der Waals surface area contributed by atoms with Gasteiger partial charge in [0.05, 0.1) is 0 Å². The molecule has 6 rings (SSSR count). The van der Waals surface area contributed by atoms with Crippen LogP contribution in [-0.2, 0) is 11.2 Å². The van der Waals surface area contributed by atoms with E-state index in [0.717, 1.165) is 23.4 Å². The largest absolute Gasteiger partial charge is 0.470 e. The van der Waals surface area contributed by atoms with E-state index in [1.165, 1.54) is 61.3 Å². The molecule has 0 bridgehead atoms. The van der Waals surface area contributed by atoms with Crippen molar-refractivity contribution in [2.45, 2.75) is 87.8 Å². The number of benzene rings is 5. The standard InChI is InChI=1S/C24H26.C23H25NO.C2H6/c1-16(2)20-11-8-9-13-24(20)23-15-14-22(18(4)19(23)5)21-12-7-6-10-17(21)3;1-5-10-23-19(6-2)16-20-12-7-8-14-22(20)24(18(4)25-23)21-13-9-11-17(3)15-21;1-2/h6-16H,1-5H3;5-15,18H,2,16H2,1,3-4H3;1-2H3/b;10-5-,23-19-;. The molecule has 0 fully saturated rings. The molecule has 5 aromatic rings. The van der Waals surface area contributed by atoms with Gasteiger partial charge < -0.3 is 9.64 Å². The SMILES string of the molecule is C=C/C1=C(\C=C/C)OC(C)N(c2cccc(C)c2)c2ccccc2C1.CC.Cc1ccccc1-c1ccc(-c2ccccc2C(C)C)c(C)c1C. The highest BCUT2D eigenvalue weighted by atomic mass is 16.5. The van der Waals surface area contributed by atoms with Gasteiger partial charge in [-0.15, -0.1) is 0 Å². The third kappa shape index (κ3) is 8.99. The van der Waals surface area contributed by atoms with Gasteiger partial charge >= 0.3 is 0 Å². The quantitative estimate of drug-likeness (QED) is 0.178. The highest BCUT2D eigenvalue weighted by Crippen LogP contribution is 2.38. The molecule has 5 aromatic carbocycles. The monoisotopic (exact) mass is 675 g/mol. The van der Waals surface area contributed by atoms with E-state index in [2.05, 4.69) is 169 Å². The lowest BCUT2D eigenvalue weighted by Crippen LogP contribution is -2.33. The summed E-state index contributed by atoms with van der Waals surface area (Å²) in [6, 6.07) is 39.1. The van der Waals surface area contributed by atoms with Crippen molar-refractivity contribution < 1.29 is 4.74 Å². The summed E-state index contributed by atoms with van der Waals surface area (Å²) >= 11 is 0. The Balaban J connectivity index is 0.000000218. The predicted molar refractivity (Wildman–Crippen MR) is 223 cm³/mol. The lowest BCUT2D eigenvalue weighted by atomic mass is 9.86. The second-order valence-electron chi connectivity index (χ2n) is 13.3. The number of nitrogens with zero attached hydrogens (tertiary/aromatic N) is 1. The Kier molecular flexibility index (Phi) is 13.8. The van der Waals surface area contributed by atoms with Crippen molar-refractivity contribution in [3.63, 3.8) is 0 Å². The molecule has 0 saturated heterocycles. The molecule has 1 aliphatic heterocycles. The number of fused-ring (bicyclic) bond motifs is 1. The average Bonchev–Trinajstić information content (AvgIpc) is 3.13. The van der Waals surface area contributed by atoms with E-state index in [1.54, 1.807) is 0 Å². The molecule has 0 radical (unpaired) electrons. The van der Waals surface area contributed by atoms with Crippen molar-refractivity contribution in [1.82, 2.24) is 0 Å². The van der Waals surface area contributed by atoms with Crippen molar-refractivity contribution in [3.05, 3.63) is 179 Å². The van der Waals surface area contributed by atoms with Gasteiger partial charge in [-0.25, -0.2) is 0 Å². The topological polar surface area (TPSA) is 12.5 Å². The zero-order valence-corrected chi connectivity index (χ0v) is 32.5. The summed E-state index contributed by atoms with van der Waals surface area (Å²) in [6.45, 7) is 25.4. The number of allylic oxidation sites excluding steroid dienone is 4. The van der Waals surface area contributed by atoms with Crippen LogP contribution in [0.15, 0.2) is 145 Å². The molecule has 0 spiro atoms. The van der Waals surface area contributed by atoms with Crippen LogP contribution in [0.1, 0.15) is 80.8 Å². The lowest BCUT2D eigenvalue weighted by molar-refractivity contribution is 0.143. The Bertz CT molecular complexity index is 1990. The molecule has 1 atom stereocenters. The van der Waals surface area contributed by atoms with Gasteiger partial charge in [0.2, 0.25) is 0 Å². The van der Waals surface area contributed by atoms with E-state index in [4.69, 9.17) is 4.74 Å². The molecule has 1 unspecified atom stereocenters. The number of aryl methyl sites for hydroxylation is 2.